The van der Waals surface area contributed by atoms with E-state index in [4.69, 9.17) is 10.5 Å². The Balaban J connectivity index is 2.39. The molecular formula is C13H23N3O3. The number of hydrogen-bond donors (Lipinski definition) is 2. The van der Waals surface area contributed by atoms with Gasteiger partial charge in [0.1, 0.15) is 6.10 Å². The Labute approximate surface area is 113 Å². The summed E-state index contributed by atoms with van der Waals surface area (Å²) in [4.78, 5) is 22.2. The molecule has 2 atom stereocenters. The number of amides is 2. The Bertz CT molecular complexity index is 355. The predicted molar refractivity (Wildman–Crippen MR) is 72.6 cm³/mol. The average molecular weight is 269 g/mol. The number of nitrogens with two attached hydrogens (primary N) is 1. The van der Waals surface area contributed by atoms with Gasteiger partial charge < -0.3 is 10.5 Å². The molecule has 0 saturated carbocycles. The lowest BCUT2D eigenvalue weighted by atomic mass is 9.96. The summed E-state index contributed by atoms with van der Waals surface area (Å²) in [5.41, 5.74) is 7.64. The van der Waals surface area contributed by atoms with Crippen molar-refractivity contribution in [2.24, 2.45) is 16.8 Å². The molecule has 108 valence electrons. The first kappa shape index (κ1) is 15.5. The molecule has 1 fully saturated rings. The summed E-state index contributed by atoms with van der Waals surface area (Å²) in [6, 6.07) is -0.722. The molecule has 0 spiro atoms. The van der Waals surface area contributed by atoms with Crippen molar-refractivity contribution in [2.75, 3.05) is 0 Å². The molecule has 1 rings (SSSR count). The first-order valence-electron chi connectivity index (χ1n) is 6.84. The van der Waals surface area contributed by atoms with Gasteiger partial charge in [0.05, 0.1) is 11.6 Å². The maximum atomic E-state index is 11.7. The summed E-state index contributed by atoms with van der Waals surface area (Å²) in [5.74, 6) is -0.198. The van der Waals surface area contributed by atoms with Crippen molar-refractivity contribution in [3.8, 4) is 0 Å². The molecule has 2 amide bonds. The van der Waals surface area contributed by atoms with Gasteiger partial charge in [-0.05, 0) is 13.3 Å². The molecule has 1 saturated heterocycles. The highest BCUT2D eigenvalue weighted by molar-refractivity contribution is 5.91. The zero-order valence-corrected chi connectivity index (χ0v) is 11.6. The van der Waals surface area contributed by atoms with E-state index in [1.165, 1.54) is 12.8 Å². The van der Waals surface area contributed by atoms with E-state index in [9.17, 15) is 9.59 Å². The molecule has 0 bridgehead atoms. The Morgan fingerprint density at radius 1 is 1.47 bits per heavy atom. The van der Waals surface area contributed by atoms with E-state index in [0.717, 1.165) is 19.3 Å². The monoisotopic (exact) mass is 269 g/mol. The first-order valence-corrected chi connectivity index (χ1v) is 6.84. The standard InChI is InChI=1S/C13H23N3O3/c1-3-4-5-6-7-10-8-11(19-12(10)17)9(2)15-16-13(14)18/h10-11H,3-8H2,1-2H3,(H3,14,16,18)/t10-,11+/m0/s1. The number of ether oxygens (including phenoxy) is 1. The third-order valence-electron chi connectivity index (χ3n) is 3.30. The fraction of sp³-hybridized carbons (Fsp3) is 0.769. The van der Waals surface area contributed by atoms with Crippen LogP contribution >= 0.6 is 0 Å². The number of rotatable bonds is 7. The SMILES string of the molecule is CCCCCC[C@H]1C[C@H](C(C)=NNC(N)=O)OC1=O. The highest BCUT2D eigenvalue weighted by Gasteiger charge is 2.35. The molecule has 0 aromatic heterocycles. The maximum absolute atomic E-state index is 11.7. The molecule has 0 unspecified atom stereocenters. The lowest BCUT2D eigenvalue weighted by Crippen LogP contribution is -2.28. The molecule has 1 aliphatic rings. The van der Waals surface area contributed by atoms with Gasteiger partial charge in [-0.2, -0.15) is 5.10 Å². The number of nitrogens with zero attached hydrogens (tertiary/aromatic N) is 1. The largest absolute Gasteiger partial charge is 0.456 e. The first-order chi connectivity index (χ1) is 9.04. The molecule has 3 N–H and O–H groups in total. The minimum absolute atomic E-state index is 0.0411. The van der Waals surface area contributed by atoms with Crippen molar-refractivity contribution >= 4 is 17.7 Å². The van der Waals surface area contributed by atoms with Crippen molar-refractivity contribution in [1.82, 2.24) is 5.43 Å². The zero-order chi connectivity index (χ0) is 14.3. The number of carbonyl (C=O) groups excluding carboxylic acids is 2. The topological polar surface area (TPSA) is 93.8 Å². The lowest BCUT2D eigenvalue weighted by molar-refractivity contribution is -0.142. The van der Waals surface area contributed by atoms with E-state index >= 15 is 0 Å². The number of unbranched alkanes of at least 4 members (excludes halogenated alkanes) is 3. The summed E-state index contributed by atoms with van der Waals surface area (Å²) < 4.78 is 5.26. The van der Waals surface area contributed by atoms with Gasteiger partial charge in [-0.1, -0.05) is 32.6 Å². The lowest BCUT2D eigenvalue weighted by Gasteiger charge is -2.07. The van der Waals surface area contributed by atoms with Crippen LogP contribution in [0.4, 0.5) is 4.79 Å². The molecule has 6 heteroatoms. The number of nitrogens with one attached hydrogen (secondary N) is 1. The quantitative estimate of drug-likeness (QED) is 0.320. The van der Waals surface area contributed by atoms with Crippen LogP contribution in [0.3, 0.4) is 0 Å². The molecule has 0 radical (unpaired) electrons. The van der Waals surface area contributed by atoms with Gasteiger partial charge in [0.25, 0.3) is 0 Å². The van der Waals surface area contributed by atoms with Crippen LogP contribution in [0.25, 0.3) is 0 Å². The van der Waals surface area contributed by atoms with Crippen LogP contribution in [-0.2, 0) is 9.53 Å². The van der Waals surface area contributed by atoms with Gasteiger partial charge in [-0.25, -0.2) is 10.2 Å². The Kier molecular flexibility index (Phi) is 6.32. The van der Waals surface area contributed by atoms with E-state index < -0.39 is 6.03 Å². The third-order valence-corrected chi connectivity index (χ3v) is 3.30. The summed E-state index contributed by atoms with van der Waals surface area (Å²) in [6.45, 7) is 3.87. The number of cyclic esters (lactones) is 1. The fourth-order valence-corrected chi connectivity index (χ4v) is 2.16. The van der Waals surface area contributed by atoms with Gasteiger partial charge in [0, 0.05) is 6.42 Å². The second kappa shape index (κ2) is 7.76. The number of carbonyl (C=O) groups is 2. The Morgan fingerprint density at radius 2 is 2.21 bits per heavy atom. The van der Waals surface area contributed by atoms with Gasteiger partial charge in [-0.15, -0.1) is 0 Å². The normalized spacial score (nSPS) is 23.3. The molecular weight excluding hydrogens is 246 g/mol. The highest BCUT2D eigenvalue weighted by atomic mass is 16.6. The van der Waals surface area contributed by atoms with E-state index in [1.54, 1.807) is 6.92 Å². The fourth-order valence-electron chi connectivity index (χ4n) is 2.16. The van der Waals surface area contributed by atoms with E-state index in [0.29, 0.717) is 12.1 Å². The predicted octanol–water partition coefficient (Wildman–Crippen LogP) is 1.93. The molecule has 19 heavy (non-hydrogen) atoms. The number of primary amides is 1. The molecule has 6 nitrogen and oxygen atoms in total. The van der Waals surface area contributed by atoms with Crippen molar-refractivity contribution < 1.29 is 14.3 Å². The van der Waals surface area contributed by atoms with Gasteiger partial charge in [0.15, 0.2) is 0 Å². The Morgan fingerprint density at radius 3 is 2.84 bits per heavy atom. The number of urea groups is 1. The van der Waals surface area contributed by atoms with Crippen LogP contribution in [0.2, 0.25) is 0 Å². The number of esters is 1. The van der Waals surface area contributed by atoms with E-state index in [1.807, 2.05) is 0 Å². The van der Waals surface area contributed by atoms with Crippen LogP contribution in [0.1, 0.15) is 52.4 Å². The van der Waals surface area contributed by atoms with Crippen LogP contribution in [0, 0.1) is 5.92 Å². The molecule has 1 heterocycles. The number of hydrogen-bond acceptors (Lipinski definition) is 4. The summed E-state index contributed by atoms with van der Waals surface area (Å²) in [7, 11) is 0. The van der Waals surface area contributed by atoms with Gasteiger partial charge in [-0.3, -0.25) is 4.79 Å². The van der Waals surface area contributed by atoms with Crippen molar-refractivity contribution in [1.29, 1.82) is 0 Å². The van der Waals surface area contributed by atoms with Gasteiger partial charge in [0.2, 0.25) is 0 Å². The molecule has 1 aliphatic heterocycles. The van der Waals surface area contributed by atoms with Crippen molar-refractivity contribution in [3.05, 3.63) is 0 Å². The van der Waals surface area contributed by atoms with Crippen molar-refractivity contribution in [3.63, 3.8) is 0 Å². The Hall–Kier alpha value is -1.59. The van der Waals surface area contributed by atoms with Crippen LogP contribution in [0.5, 0.6) is 0 Å². The van der Waals surface area contributed by atoms with Crippen molar-refractivity contribution in [2.45, 2.75) is 58.5 Å². The smallest absolute Gasteiger partial charge is 0.332 e. The van der Waals surface area contributed by atoms with Crippen LogP contribution in [-0.4, -0.2) is 23.8 Å². The maximum Gasteiger partial charge on any atom is 0.332 e. The summed E-state index contributed by atoms with van der Waals surface area (Å²) in [6.07, 6.45) is 5.76. The minimum Gasteiger partial charge on any atom is -0.456 e. The number of hydrazone groups is 1. The van der Waals surface area contributed by atoms with Gasteiger partial charge >= 0.3 is 12.0 Å². The molecule has 0 aromatic rings. The summed E-state index contributed by atoms with van der Waals surface area (Å²) >= 11 is 0. The van der Waals surface area contributed by atoms with Crippen LogP contribution in [0.15, 0.2) is 5.10 Å². The second-order valence-electron chi connectivity index (χ2n) is 4.94. The molecule has 0 aliphatic carbocycles. The second-order valence-corrected chi connectivity index (χ2v) is 4.94. The zero-order valence-electron chi connectivity index (χ0n) is 11.6. The minimum atomic E-state index is -0.722. The third kappa shape index (κ3) is 5.28. The van der Waals surface area contributed by atoms with E-state index in [-0.39, 0.29) is 18.0 Å². The van der Waals surface area contributed by atoms with Crippen LogP contribution < -0.4 is 11.2 Å². The summed E-state index contributed by atoms with van der Waals surface area (Å²) in [5, 5.41) is 3.80. The molecule has 0 aromatic carbocycles. The average Bonchev–Trinajstić information content (AvgIpc) is 2.73. The van der Waals surface area contributed by atoms with E-state index in [2.05, 4.69) is 17.5 Å². The highest BCUT2D eigenvalue weighted by Crippen LogP contribution is 2.27.